The molecule has 0 aliphatic rings. The first-order valence-electron chi connectivity index (χ1n) is 2.55. The molecule has 0 aromatic heterocycles. The van der Waals surface area contributed by atoms with E-state index in [0.717, 1.165) is 6.42 Å². The maximum absolute atomic E-state index is 5.49. The molecule has 0 rings (SSSR count). The SMILES string of the molecule is CC/C=C\C(Cl)=C/N. The maximum Gasteiger partial charge on any atom is 0.0557 e. The van der Waals surface area contributed by atoms with E-state index in [1.807, 2.05) is 13.0 Å². The zero-order valence-corrected chi connectivity index (χ0v) is 5.65. The molecule has 0 heterocycles. The summed E-state index contributed by atoms with van der Waals surface area (Å²) in [4.78, 5) is 0. The van der Waals surface area contributed by atoms with Crippen molar-refractivity contribution in [3.8, 4) is 0 Å². The Kier molecular flexibility index (Phi) is 4.47. The van der Waals surface area contributed by atoms with Crippen LogP contribution in [0.1, 0.15) is 13.3 Å². The summed E-state index contributed by atoms with van der Waals surface area (Å²) < 4.78 is 0. The van der Waals surface area contributed by atoms with E-state index in [1.165, 1.54) is 6.20 Å². The fraction of sp³-hybridized carbons (Fsp3) is 0.333. The molecule has 0 saturated carbocycles. The van der Waals surface area contributed by atoms with Crippen molar-refractivity contribution in [3.05, 3.63) is 23.4 Å². The zero-order valence-electron chi connectivity index (χ0n) is 4.89. The van der Waals surface area contributed by atoms with Gasteiger partial charge in [0.05, 0.1) is 5.03 Å². The third-order valence-corrected chi connectivity index (χ3v) is 0.924. The van der Waals surface area contributed by atoms with Gasteiger partial charge in [-0.1, -0.05) is 24.6 Å². The average molecular weight is 132 g/mol. The molecular formula is C6H10ClN. The van der Waals surface area contributed by atoms with Gasteiger partial charge in [0.15, 0.2) is 0 Å². The Balaban J connectivity index is 3.53. The maximum atomic E-state index is 5.49. The molecule has 0 aliphatic heterocycles. The molecule has 46 valence electrons. The lowest BCUT2D eigenvalue weighted by Gasteiger charge is -1.81. The molecule has 0 aliphatic carbocycles. The number of rotatable bonds is 2. The summed E-state index contributed by atoms with van der Waals surface area (Å²) in [5, 5.41) is 0.590. The smallest absolute Gasteiger partial charge is 0.0557 e. The zero-order chi connectivity index (χ0) is 6.41. The van der Waals surface area contributed by atoms with Gasteiger partial charge in [-0.3, -0.25) is 0 Å². The highest BCUT2D eigenvalue weighted by atomic mass is 35.5. The summed E-state index contributed by atoms with van der Waals surface area (Å²) >= 11 is 5.49. The second-order valence-corrected chi connectivity index (χ2v) is 1.80. The summed E-state index contributed by atoms with van der Waals surface area (Å²) in [6.07, 6.45) is 6.09. The van der Waals surface area contributed by atoms with Crippen LogP contribution in [0.4, 0.5) is 0 Å². The summed E-state index contributed by atoms with van der Waals surface area (Å²) in [5.74, 6) is 0. The Hall–Kier alpha value is -0.430. The first-order chi connectivity index (χ1) is 3.81. The van der Waals surface area contributed by atoms with Crippen LogP contribution in [-0.2, 0) is 0 Å². The first kappa shape index (κ1) is 7.57. The highest BCUT2D eigenvalue weighted by molar-refractivity contribution is 6.31. The minimum Gasteiger partial charge on any atom is -0.403 e. The van der Waals surface area contributed by atoms with Crippen LogP contribution in [0.25, 0.3) is 0 Å². The molecule has 0 bridgehead atoms. The van der Waals surface area contributed by atoms with Crippen molar-refractivity contribution < 1.29 is 0 Å². The van der Waals surface area contributed by atoms with E-state index < -0.39 is 0 Å². The number of hydrogen-bond acceptors (Lipinski definition) is 1. The Morgan fingerprint density at radius 3 is 2.75 bits per heavy atom. The lowest BCUT2D eigenvalue weighted by atomic mass is 10.4. The van der Waals surface area contributed by atoms with Crippen LogP contribution >= 0.6 is 11.6 Å². The highest BCUT2D eigenvalue weighted by Gasteiger charge is 1.76. The summed E-state index contributed by atoms with van der Waals surface area (Å²) in [5.41, 5.74) is 5.07. The van der Waals surface area contributed by atoms with Gasteiger partial charge in [0.2, 0.25) is 0 Å². The number of allylic oxidation sites excluding steroid dienone is 3. The van der Waals surface area contributed by atoms with Gasteiger partial charge in [-0.2, -0.15) is 0 Å². The third-order valence-electron chi connectivity index (χ3n) is 0.672. The van der Waals surface area contributed by atoms with E-state index in [4.69, 9.17) is 17.3 Å². The Morgan fingerprint density at radius 1 is 1.75 bits per heavy atom. The van der Waals surface area contributed by atoms with E-state index in [-0.39, 0.29) is 0 Å². The van der Waals surface area contributed by atoms with Crippen molar-refractivity contribution in [3.63, 3.8) is 0 Å². The summed E-state index contributed by atoms with van der Waals surface area (Å²) in [6, 6.07) is 0. The average Bonchev–Trinajstić information content (AvgIpc) is 1.83. The second-order valence-electron chi connectivity index (χ2n) is 1.36. The van der Waals surface area contributed by atoms with E-state index in [9.17, 15) is 0 Å². The largest absolute Gasteiger partial charge is 0.403 e. The molecule has 0 aromatic carbocycles. The van der Waals surface area contributed by atoms with Crippen LogP contribution in [-0.4, -0.2) is 0 Å². The minimum atomic E-state index is 0.590. The molecular weight excluding hydrogens is 122 g/mol. The lowest BCUT2D eigenvalue weighted by Crippen LogP contribution is -1.77. The molecule has 0 atom stereocenters. The van der Waals surface area contributed by atoms with Gasteiger partial charge in [-0.15, -0.1) is 0 Å². The second kappa shape index (κ2) is 4.72. The Labute approximate surface area is 54.8 Å². The molecule has 1 nitrogen and oxygen atoms in total. The van der Waals surface area contributed by atoms with Crippen molar-refractivity contribution in [1.82, 2.24) is 0 Å². The first-order valence-corrected chi connectivity index (χ1v) is 2.93. The van der Waals surface area contributed by atoms with Crippen molar-refractivity contribution in [2.24, 2.45) is 5.73 Å². The van der Waals surface area contributed by atoms with Crippen molar-refractivity contribution in [1.29, 1.82) is 0 Å². The van der Waals surface area contributed by atoms with E-state index >= 15 is 0 Å². The number of nitrogens with two attached hydrogens (primary N) is 1. The van der Waals surface area contributed by atoms with E-state index in [2.05, 4.69) is 0 Å². The quantitative estimate of drug-likeness (QED) is 0.570. The molecule has 8 heavy (non-hydrogen) atoms. The standard InChI is InChI=1S/C6H10ClN/c1-2-3-4-6(7)5-8/h3-5H,2,8H2,1H3/b4-3-,6-5+. The Bertz CT molecular complexity index is 105. The topological polar surface area (TPSA) is 26.0 Å². The lowest BCUT2D eigenvalue weighted by molar-refractivity contribution is 1.22. The molecule has 0 aromatic rings. The van der Waals surface area contributed by atoms with Crippen LogP contribution in [0.2, 0.25) is 0 Å². The van der Waals surface area contributed by atoms with Crippen molar-refractivity contribution in [2.45, 2.75) is 13.3 Å². The Morgan fingerprint density at radius 2 is 2.38 bits per heavy atom. The van der Waals surface area contributed by atoms with Crippen LogP contribution < -0.4 is 5.73 Å². The van der Waals surface area contributed by atoms with Gasteiger partial charge in [-0.25, -0.2) is 0 Å². The van der Waals surface area contributed by atoms with Gasteiger partial charge in [0.1, 0.15) is 0 Å². The molecule has 0 spiro atoms. The fourth-order valence-electron chi connectivity index (χ4n) is 0.286. The molecule has 0 radical (unpaired) electrons. The monoisotopic (exact) mass is 131 g/mol. The van der Waals surface area contributed by atoms with Crippen molar-refractivity contribution in [2.75, 3.05) is 0 Å². The molecule has 2 heteroatoms. The summed E-state index contributed by atoms with van der Waals surface area (Å²) in [6.45, 7) is 2.04. The van der Waals surface area contributed by atoms with Gasteiger partial charge < -0.3 is 5.73 Å². The number of hydrogen-bond donors (Lipinski definition) is 1. The van der Waals surface area contributed by atoms with Crippen molar-refractivity contribution >= 4 is 11.6 Å². The predicted octanol–water partition coefficient (Wildman–Crippen LogP) is 1.99. The highest BCUT2D eigenvalue weighted by Crippen LogP contribution is 1.99. The molecule has 0 amide bonds. The van der Waals surface area contributed by atoms with Crippen LogP contribution in [0, 0.1) is 0 Å². The minimum absolute atomic E-state index is 0.590. The van der Waals surface area contributed by atoms with E-state index in [1.54, 1.807) is 6.08 Å². The van der Waals surface area contributed by atoms with Crippen LogP contribution in [0.3, 0.4) is 0 Å². The van der Waals surface area contributed by atoms with Crippen LogP contribution in [0.5, 0.6) is 0 Å². The molecule has 0 saturated heterocycles. The molecule has 2 N–H and O–H groups in total. The van der Waals surface area contributed by atoms with Gasteiger partial charge >= 0.3 is 0 Å². The predicted molar refractivity (Wildman–Crippen MR) is 37.6 cm³/mol. The van der Waals surface area contributed by atoms with Gasteiger partial charge in [0, 0.05) is 6.20 Å². The normalized spacial score (nSPS) is 13.0. The number of halogens is 1. The molecule has 0 unspecified atom stereocenters. The van der Waals surface area contributed by atoms with Gasteiger partial charge in [0.25, 0.3) is 0 Å². The van der Waals surface area contributed by atoms with Crippen LogP contribution in [0.15, 0.2) is 23.4 Å². The third kappa shape index (κ3) is 3.75. The fourth-order valence-corrected chi connectivity index (χ4v) is 0.375. The van der Waals surface area contributed by atoms with E-state index in [0.29, 0.717) is 5.03 Å². The molecule has 0 fully saturated rings. The summed E-state index contributed by atoms with van der Waals surface area (Å²) in [7, 11) is 0. The van der Waals surface area contributed by atoms with Gasteiger partial charge in [-0.05, 0) is 12.5 Å².